The molecule has 2 aromatic heterocycles. The van der Waals surface area contributed by atoms with Gasteiger partial charge in [-0.2, -0.15) is 0 Å². The zero-order valence-corrected chi connectivity index (χ0v) is 11.5. The van der Waals surface area contributed by atoms with Gasteiger partial charge in [-0.1, -0.05) is 12.1 Å². The van der Waals surface area contributed by atoms with E-state index in [4.69, 9.17) is 5.73 Å². The van der Waals surface area contributed by atoms with Crippen molar-refractivity contribution in [2.24, 2.45) is 5.73 Å². The Morgan fingerprint density at radius 1 is 1.26 bits per heavy atom. The molecule has 0 saturated carbocycles. The second-order valence-corrected chi connectivity index (χ2v) is 4.74. The fourth-order valence-corrected chi connectivity index (χ4v) is 2.17. The molecule has 0 radical (unpaired) electrons. The number of aromatic nitrogens is 2. The first-order chi connectivity index (χ1) is 9.20. The van der Waals surface area contributed by atoms with Gasteiger partial charge in [0.1, 0.15) is 5.82 Å². The third-order valence-corrected chi connectivity index (χ3v) is 3.04. The number of hydrogen-bond donors (Lipinski definition) is 1. The van der Waals surface area contributed by atoms with Crippen molar-refractivity contribution in [3.63, 3.8) is 0 Å². The molecule has 0 spiro atoms. The summed E-state index contributed by atoms with van der Waals surface area (Å²) in [6.45, 7) is 3.55. The second kappa shape index (κ2) is 6.29. The van der Waals surface area contributed by atoms with E-state index in [1.54, 1.807) is 6.20 Å². The third kappa shape index (κ3) is 3.51. The zero-order chi connectivity index (χ0) is 13.7. The summed E-state index contributed by atoms with van der Waals surface area (Å²) in [6.07, 6.45) is 6.46. The van der Waals surface area contributed by atoms with Gasteiger partial charge in [0.25, 0.3) is 0 Å². The molecule has 0 amide bonds. The van der Waals surface area contributed by atoms with Gasteiger partial charge < -0.3 is 10.6 Å². The van der Waals surface area contributed by atoms with Crippen molar-refractivity contribution < 1.29 is 0 Å². The highest BCUT2D eigenvalue weighted by Gasteiger charge is 2.07. The number of pyridine rings is 2. The highest BCUT2D eigenvalue weighted by molar-refractivity contribution is 5.47. The van der Waals surface area contributed by atoms with E-state index in [-0.39, 0.29) is 0 Å². The molecule has 0 unspecified atom stereocenters. The molecule has 0 bridgehead atoms. The minimum Gasteiger partial charge on any atom is -0.355 e. The minimum atomic E-state index is 0.659. The van der Waals surface area contributed by atoms with Crippen LogP contribution >= 0.6 is 0 Å². The van der Waals surface area contributed by atoms with E-state index in [1.807, 2.05) is 25.5 Å². The van der Waals surface area contributed by atoms with Gasteiger partial charge in [-0.05, 0) is 42.6 Å². The van der Waals surface area contributed by atoms with E-state index in [1.165, 1.54) is 16.7 Å². The van der Waals surface area contributed by atoms with Crippen molar-refractivity contribution in [3.05, 3.63) is 53.5 Å². The normalized spacial score (nSPS) is 10.5. The van der Waals surface area contributed by atoms with Crippen molar-refractivity contribution in [1.29, 1.82) is 0 Å². The van der Waals surface area contributed by atoms with E-state index < -0.39 is 0 Å². The summed E-state index contributed by atoms with van der Waals surface area (Å²) in [5.41, 5.74) is 9.11. The van der Waals surface area contributed by atoms with Crippen LogP contribution in [0.1, 0.15) is 16.7 Å². The van der Waals surface area contributed by atoms with Crippen molar-refractivity contribution in [2.75, 3.05) is 18.5 Å². The lowest BCUT2D eigenvalue weighted by Crippen LogP contribution is -2.19. The maximum atomic E-state index is 5.57. The highest BCUT2D eigenvalue weighted by atomic mass is 15.2. The minimum absolute atomic E-state index is 0.659. The second-order valence-electron chi connectivity index (χ2n) is 4.74. The Hall–Kier alpha value is -1.94. The van der Waals surface area contributed by atoms with Crippen LogP contribution in [-0.2, 0) is 13.0 Å². The molecule has 0 aromatic carbocycles. The lowest BCUT2D eigenvalue weighted by Gasteiger charge is -2.20. The Bertz CT molecular complexity index is 525. The van der Waals surface area contributed by atoms with Crippen LogP contribution in [0.4, 0.5) is 5.82 Å². The van der Waals surface area contributed by atoms with Crippen LogP contribution in [0.5, 0.6) is 0 Å². The van der Waals surface area contributed by atoms with Crippen LogP contribution in [0, 0.1) is 6.92 Å². The first kappa shape index (κ1) is 13.5. The molecule has 2 rings (SSSR count). The molecular formula is C15H20N4. The van der Waals surface area contributed by atoms with Crippen LogP contribution in [-0.4, -0.2) is 23.6 Å². The number of aryl methyl sites for hydroxylation is 1. The van der Waals surface area contributed by atoms with Gasteiger partial charge in [0.2, 0.25) is 0 Å². The maximum Gasteiger partial charge on any atom is 0.131 e. The first-order valence-corrected chi connectivity index (χ1v) is 6.46. The van der Waals surface area contributed by atoms with Gasteiger partial charge in [-0.15, -0.1) is 0 Å². The van der Waals surface area contributed by atoms with Crippen LogP contribution in [0.15, 0.2) is 36.8 Å². The number of anilines is 1. The molecule has 2 heterocycles. The zero-order valence-electron chi connectivity index (χ0n) is 11.5. The lowest BCUT2D eigenvalue weighted by molar-refractivity contribution is 0.876. The number of nitrogens with zero attached hydrogens (tertiary/aromatic N) is 3. The van der Waals surface area contributed by atoms with Gasteiger partial charge in [0.15, 0.2) is 0 Å². The fourth-order valence-electron chi connectivity index (χ4n) is 2.17. The molecule has 0 aliphatic carbocycles. The monoisotopic (exact) mass is 256 g/mol. The Labute approximate surface area is 114 Å². The molecule has 0 saturated heterocycles. The predicted octanol–water partition coefficient (Wildman–Crippen LogP) is 1.92. The molecule has 0 atom stereocenters. The predicted molar refractivity (Wildman–Crippen MR) is 78.1 cm³/mol. The van der Waals surface area contributed by atoms with Crippen molar-refractivity contribution in [1.82, 2.24) is 9.97 Å². The fraction of sp³-hybridized carbons (Fsp3) is 0.333. The van der Waals surface area contributed by atoms with Gasteiger partial charge in [-0.3, -0.25) is 4.98 Å². The summed E-state index contributed by atoms with van der Waals surface area (Å²) in [5.74, 6) is 1.00. The van der Waals surface area contributed by atoms with E-state index in [0.717, 1.165) is 18.8 Å². The molecule has 0 aliphatic rings. The molecule has 2 aromatic rings. The third-order valence-electron chi connectivity index (χ3n) is 3.04. The number of hydrogen-bond acceptors (Lipinski definition) is 4. The van der Waals surface area contributed by atoms with E-state index in [0.29, 0.717) is 6.54 Å². The standard InChI is InChI=1S/C15H20N4/c1-12-8-13(5-6-16)10-18-15(12)19(2)11-14-4-3-7-17-9-14/h3-4,7-10H,5-6,11,16H2,1-2H3. The first-order valence-electron chi connectivity index (χ1n) is 6.46. The molecule has 0 fully saturated rings. The molecular weight excluding hydrogens is 236 g/mol. The summed E-state index contributed by atoms with van der Waals surface area (Å²) in [4.78, 5) is 10.8. The largest absolute Gasteiger partial charge is 0.355 e. The summed E-state index contributed by atoms with van der Waals surface area (Å²) in [6, 6.07) is 6.18. The average molecular weight is 256 g/mol. The SMILES string of the molecule is Cc1cc(CCN)cnc1N(C)Cc1cccnc1. The van der Waals surface area contributed by atoms with Crippen LogP contribution in [0.2, 0.25) is 0 Å². The molecule has 4 nitrogen and oxygen atoms in total. The smallest absolute Gasteiger partial charge is 0.131 e. The highest BCUT2D eigenvalue weighted by Crippen LogP contribution is 2.18. The van der Waals surface area contributed by atoms with Crippen molar-refractivity contribution in [2.45, 2.75) is 19.9 Å². The Balaban J connectivity index is 2.13. The maximum absolute atomic E-state index is 5.57. The summed E-state index contributed by atoms with van der Waals surface area (Å²) >= 11 is 0. The molecule has 2 N–H and O–H groups in total. The van der Waals surface area contributed by atoms with E-state index >= 15 is 0 Å². The quantitative estimate of drug-likeness (QED) is 0.888. The van der Waals surface area contributed by atoms with Crippen LogP contribution in [0.25, 0.3) is 0 Å². The molecule has 4 heteroatoms. The van der Waals surface area contributed by atoms with E-state index in [9.17, 15) is 0 Å². The van der Waals surface area contributed by atoms with Crippen molar-refractivity contribution in [3.8, 4) is 0 Å². The Morgan fingerprint density at radius 3 is 2.74 bits per heavy atom. The molecule has 19 heavy (non-hydrogen) atoms. The van der Waals surface area contributed by atoms with Gasteiger partial charge in [0, 0.05) is 32.2 Å². The van der Waals surface area contributed by atoms with Crippen molar-refractivity contribution >= 4 is 5.82 Å². The Morgan fingerprint density at radius 2 is 2.11 bits per heavy atom. The molecule has 100 valence electrons. The van der Waals surface area contributed by atoms with E-state index in [2.05, 4.69) is 33.9 Å². The lowest BCUT2D eigenvalue weighted by atomic mass is 10.1. The number of rotatable bonds is 5. The van der Waals surface area contributed by atoms with Crippen LogP contribution < -0.4 is 10.6 Å². The summed E-state index contributed by atoms with van der Waals surface area (Å²) in [7, 11) is 2.05. The summed E-state index contributed by atoms with van der Waals surface area (Å²) < 4.78 is 0. The Kier molecular flexibility index (Phi) is 4.47. The van der Waals surface area contributed by atoms with Gasteiger partial charge >= 0.3 is 0 Å². The van der Waals surface area contributed by atoms with Crippen LogP contribution in [0.3, 0.4) is 0 Å². The van der Waals surface area contributed by atoms with Gasteiger partial charge in [0.05, 0.1) is 0 Å². The summed E-state index contributed by atoms with van der Waals surface area (Å²) in [5, 5.41) is 0. The van der Waals surface area contributed by atoms with Gasteiger partial charge in [-0.25, -0.2) is 4.98 Å². The average Bonchev–Trinajstić information content (AvgIpc) is 2.40. The topological polar surface area (TPSA) is 55.0 Å². The molecule has 0 aliphatic heterocycles. The number of nitrogens with two attached hydrogens (primary N) is 1.